The zero-order valence-corrected chi connectivity index (χ0v) is 15.2. The molecule has 9 heteroatoms. The van der Waals surface area contributed by atoms with Gasteiger partial charge in [-0.2, -0.15) is 0 Å². The van der Waals surface area contributed by atoms with E-state index < -0.39 is 9.84 Å². The summed E-state index contributed by atoms with van der Waals surface area (Å²) < 4.78 is 23.3. The zero-order chi connectivity index (χ0) is 17.3. The van der Waals surface area contributed by atoms with Crippen LogP contribution in [0.4, 0.5) is 17.3 Å². The summed E-state index contributed by atoms with van der Waals surface area (Å²) in [7, 11) is -1.11. The lowest BCUT2D eigenvalue weighted by Crippen LogP contribution is -2.33. The highest BCUT2D eigenvalue weighted by Gasteiger charge is 2.31. The summed E-state index contributed by atoms with van der Waals surface area (Å²) in [6.07, 6.45) is 2.03. The molecule has 128 valence electrons. The lowest BCUT2D eigenvalue weighted by atomic mass is 10.2. The predicted octanol–water partition coefficient (Wildman–Crippen LogP) is 3.15. The molecule has 1 fully saturated rings. The van der Waals surface area contributed by atoms with Crippen molar-refractivity contribution in [1.82, 2.24) is 9.97 Å². The highest BCUT2D eigenvalue weighted by molar-refractivity contribution is 7.91. The minimum Gasteiger partial charge on any atom is -0.355 e. The maximum absolute atomic E-state index is 11.7. The van der Waals surface area contributed by atoms with Crippen molar-refractivity contribution in [2.45, 2.75) is 12.5 Å². The Morgan fingerprint density at radius 1 is 1.25 bits per heavy atom. The Kier molecular flexibility index (Phi) is 4.85. The number of nitrogens with zero attached hydrogens (tertiary/aromatic N) is 3. The Balaban J connectivity index is 1.80. The highest BCUT2D eigenvalue weighted by Crippen LogP contribution is 2.29. The molecule has 1 N–H and O–H groups in total. The minimum atomic E-state index is -2.95. The monoisotopic (exact) mass is 386 g/mol. The van der Waals surface area contributed by atoms with Gasteiger partial charge in [-0.05, 0) is 24.6 Å². The number of hydrogen-bond donors (Lipinski definition) is 1. The van der Waals surface area contributed by atoms with Gasteiger partial charge in [0.2, 0.25) is 0 Å². The molecular weight excluding hydrogens is 371 g/mol. The molecule has 0 spiro atoms. The molecule has 1 aliphatic heterocycles. The molecule has 0 radical (unpaired) electrons. The summed E-state index contributed by atoms with van der Waals surface area (Å²) in [4.78, 5) is 10.3. The van der Waals surface area contributed by atoms with E-state index in [-0.39, 0.29) is 17.5 Å². The molecule has 3 rings (SSSR count). The average Bonchev–Trinajstić information content (AvgIpc) is 2.90. The number of aromatic nitrogens is 2. The molecule has 1 unspecified atom stereocenters. The fraction of sp³-hybridized carbons (Fsp3) is 0.333. The van der Waals surface area contributed by atoms with Gasteiger partial charge in [0, 0.05) is 24.2 Å². The number of nitrogens with one attached hydrogen (secondary N) is 1. The molecule has 0 aliphatic carbocycles. The Hall–Kier alpha value is -1.57. The van der Waals surface area contributed by atoms with Gasteiger partial charge in [0.1, 0.15) is 18.0 Å². The maximum Gasteiger partial charge on any atom is 0.152 e. The molecular formula is C15H16Cl2N4O2S. The fourth-order valence-electron chi connectivity index (χ4n) is 2.61. The second-order valence-corrected chi connectivity index (χ2v) is 8.75. The van der Waals surface area contributed by atoms with Crippen LogP contribution in [0.15, 0.2) is 30.6 Å². The number of hydrogen-bond acceptors (Lipinski definition) is 6. The van der Waals surface area contributed by atoms with Crippen LogP contribution in [0.2, 0.25) is 10.0 Å². The van der Waals surface area contributed by atoms with Crippen molar-refractivity contribution in [3.8, 4) is 0 Å². The van der Waals surface area contributed by atoms with Crippen molar-refractivity contribution in [2.24, 2.45) is 0 Å². The summed E-state index contributed by atoms with van der Waals surface area (Å²) >= 11 is 12.1. The fourth-order valence-corrected chi connectivity index (χ4v) is 4.72. The minimum absolute atomic E-state index is 0.0764. The largest absolute Gasteiger partial charge is 0.355 e. The van der Waals surface area contributed by atoms with E-state index in [2.05, 4.69) is 15.3 Å². The maximum atomic E-state index is 11.7. The van der Waals surface area contributed by atoms with E-state index >= 15 is 0 Å². The van der Waals surface area contributed by atoms with E-state index in [0.29, 0.717) is 33.8 Å². The van der Waals surface area contributed by atoms with E-state index in [4.69, 9.17) is 23.2 Å². The van der Waals surface area contributed by atoms with Crippen LogP contribution in [-0.2, 0) is 9.84 Å². The van der Waals surface area contributed by atoms with Crippen molar-refractivity contribution in [1.29, 1.82) is 0 Å². The van der Waals surface area contributed by atoms with Crippen molar-refractivity contribution in [2.75, 3.05) is 28.8 Å². The van der Waals surface area contributed by atoms with E-state index in [9.17, 15) is 8.42 Å². The lowest BCUT2D eigenvalue weighted by molar-refractivity contribution is 0.600. The highest BCUT2D eigenvalue weighted by atomic mass is 35.5. The van der Waals surface area contributed by atoms with Gasteiger partial charge in [-0.25, -0.2) is 18.4 Å². The van der Waals surface area contributed by atoms with Crippen molar-refractivity contribution in [3.63, 3.8) is 0 Å². The smallest absolute Gasteiger partial charge is 0.152 e. The van der Waals surface area contributed by atoms with Gasteiger partial charge in [-0.1, -0.05) is 23.2 Å². The quantitative estimate of drug-likeness (QED) is 0.869. The van der Waals surface area contributed by atoms with E-state index in [0.717, 1.165) is 0 Å². The Bertz CT molecular complexity index is 860. The van der Waals surface area contributed by atoms with Gasteiger partial charge in [-0.15, -0.1) is 0 Å². The molecule has 1 aromatic carbocycles. The first-order chi connectivity index (χ1) is 11.3. The van der Waals surface area contributed by atoms with Crippen LogP contribution in [0.1, 0.15) is 6.42 Å². The first-order valence-electron chi connectivity index (χ1n) is 7.31. The third-order valence-electron chi connectivity index (χ3n) is 3.96. The van der Waals surface area contributed by atoms with Crippen LogP contribution in [0, 0.1) is 0 Å². The summed E-state index contributed by atoms with van der Waals surface area (Å²) in [5.41, 5.74) is 0.639. The first kappa shape index (κ1) is 17.3. The van der Waals surface area contributed by atoms with Crippen molar-refractivity contribution < 1.29 is 8.42 Å². The van der Waals surface area contributed by atoms with E-state index in [1.807, 2.05) is 11.9 Å². The topological polar surface area (TPSA) is 75.2 Å². The predicted molar refractivity (Wildman–Crippen MR) is 97.2 cm³/mol. The van der Waals surface area contributed by atoms with Crippen LogP contribution in [-0.4, -0.2) is 43.0 Å². The second-order valence-electron chi connectivity index (χ2n) is 5.68. The van der Waals surface area contributed by atoms with Gasteiger partial charge in [0.15, 0.2) is 9.84 Å². The lowest BCUT2D eigenvalue weighted by Gasteiger charge is -2.24. The SMILES string of the molecule is CN(c1cc(Nc2cc(Cl)ccc2Cl)ncn1)C1CCS(=O)(=O)C1. The molecule has 24 heavy (non-hydrogen) atoms. The number of anilines is 3. The number of benzene rings is 1. The van der Waals surface area contributed by atoms with Gasteiger partial charge in [0.05, 0.1) is 22.2 Å². The average molecular weight is 387 g/mol. The summed E-state index contributed by atoms with van der Waals surface area (Å²) in [6, 6.07) is 6.78. The van der Waals surface area contributed by atoms with Gasteiger partial charge in [-0.3, -0.25) is 0 Å². The van der Waals surface area contributed by atoms with E-state index in [1.165, 1.54) is 6.33 Å². The Morgan fingerprint density at radius 3 is 2.75 bits per heavy atom. The Labute approximate surface area is 150 Å². The van der Waals surface area contributed by atoms with Gasteiger partial charge >= 0.3 is 0 Å². The third kappa shape index (κ3) is 3.91. The molecule has 1 saturated heterocycles. The zero-order valence-electron chi connectivity index (χ0n) is 12.9. The van der Waals surface area contributed by atoms with E-state index in [1.54, 1.807) is 24.3 Å². The van der Waals surface area contributed by atoms with Crippen LogP contribution in [0.25, 0.3) is 0 Å². The summed E-state index contributed by atoms with van der Waals surface area (Å²) in [5, 5.41) is 4.19. The molecule has 1 aromatic heterocycles. The standard InChI is InChI=1S/C15H16Cl2N4O2S/c1-21(11-4-5-24(22,23)8-11)15-7-14(18-9-19-15)20-13-6-10(16)2-3-12(13)17/h2-3,6-7,9,11H,4-5,8H2,1H3,(H,18,19,20). The summed E-state index contributed by atoms with van der Waals surface area (Å²) in [5.74, 6) is 1.57. The van der Waals surface area contributed by atoms with Crippen LogP contribution in [0.3, 0.4) is 0 Å². The normalized spacial score (nSPS) is 19.2. The van der Waals surface area contributed by atoms with Gasteiger partial charge in [0.25, 0.3) is 0 Å². The molecule has 1 atom stereocenters. The second kappa shape index (κ2) is 6.74. The van der Waals surface area contributed by atoms with Crippen molar-refractivity contribution >= 4 is 50.4 Å². The molecule has 2 heterocycles. The number of rotatable bonds is 4. The molecule has 6 nitrogen and oxygen atoms in total. The molecule has 2 aromatic rings. The van der Waals surface area contributed by atoms with Crippen LogP contribution < -0.4 is 10.2 Å². The molecule has 0 amide bonds. The number of halogens is 2. The first-order valence-corrected chi connectivity index (χ1v) is 9.89. The molecule has 0 saturated carbocycles. The van der Waals surface area contributed by atoms with Crippen molar-refractivity contribution in [3.05, 3.63) is 40.6 Å². The van der Waals surface area contributed by atoms with Crippen LogP contribution in [0.5, 0.6) is 0 Å². The molecule has 0 bridgehead atoms. The van der Waals surface area contributed by atoms with Crippen LogP contribution >= 0.6 is 23.2 Å². The number of sulfone groups is 1. The summed E-state index contributed by atoms with van der Waals surface area (Å²) in [6.45, 7) is 0. The molecule has 1 aliphatic rings. The Morgan fingerprint density at radius 2 is 2.04 bits per heavy atom. The third-order valence-corrected chi connectivity index (χ3v) is 6.28. The van der Waals surface area contributed by atoms with Gasteiger partial charge < -0.3 is 10.2 Å².